The van der Waals surface area contributed by atoms with Gasteiger partial charge in [-0.3, -0.25) is 0 Å². The van der Waals surface area contributed by atoms with Crippen LogP contribution in [-0.4, -0.2) is 17.1 Å². The van der Waals surface area contributed by atoms with Gasteiger partial charge in [-0.15, -0.1) is 0 Å². The summed E-state index contributed by atoms with van der Waals surface area (Å²) in [4.78, 5) is 9.43. The fourth-order valence-electron chi connectivity index (χ4n) is 3.39. The van der Waals surface area contributed by atoms with Crippen LogP contribution in [0.15, 0.2) is 66.7 Å². The highest BCUT2D eigenvalue weighted by Crippen LogP contribution is 2.31. The van der Waals surface area contributed by atoms with Gasteiger partial charge in [-0.1, -0.05) is 50.2 Å². The molecule has 0 saturated carbocycles. The summed E-state index contributed by atoms with van der Waals surface area (Å²) in [5.74, 6) is 1.38. The van der Waals surface area contributed by atoms with Crippen LogP contribution in [0.5, 0.6) is 5.75 Å². The molecule has 0 fully saturated rings. The summed E-state index contributed by atoms with van der Waals surface area (Å²) in [5, 5.41) is 4.76. The Morgan fingerprint density at radius 2 is 1.67 bits per heavy atom. The Labute approximate surface area is 175 Å². The molecule has 0 bridgehead atoms. The van der Waals surface area contributed by atoms with Gasteiger partial charge in [-0.25, -0.2) is 14.4 Å². The predicted octanol–water partition coefficient (Wildman–Crippen LogP) is 6.18. The lowest BCUT2D eigenvalue weighted by Gasteiger charge is -2.13. The van der Waals surface area contributed by atoms with E-state index in [1.807, 2.05) is 48.5 Å². The van der Waals surface area contributed by atoms with Crippen LogP contribution in [0, 0.1) is 5.82 Å². The molecule has 1 N–H and O–H groups in total. The Bertz CT molecular complexity index is 1170. The molecule has 0 saturated heterocycles. The normalized spacial score (nSPS) is 11.1. The van der Waals surface area contributed by atoms with E-state index in [9.17, 15) is 4.39 Å². The predicted molar refractivity (Wildman–Crippen MR) is 119 cm³/mol. The Kier molecular flexibility index (Phi) is 5.61. The van der Waals surface area contributed by atoms with E-state index in [4.69, 9.17) is 9.72 Å². The molecule has 0 aliphatic carbocycles. The molecule has 1 aromatic heterocycles. The Morgan fingerprint density at radius 1 is 0.933 bits per heavy atom. The standard InChI is InChI=1S/C25H24FN3O/c1-16(2)23-14-24(21-12-13-22(26)20-7-5-4-6-19(20)21)29-25(28-23)27-15-17-8-10-18(30-3)11-9-17/h4-14,16H,15H2,1-3H3,(H,27,28,29). The zero-order valence-corrected chi connectivity index (χ0v) is 17.3. The first-order valence-corrected chi connectivity index (χ1v) is 9.98. The molecule has 1 heterocycles. The van der Waals surface area contributed by atoms with E-state index in [-0.39, 0.29) is 11.7 Å². The van der Waals surface area contributed by atoms with Gasteiger partial charge in [0.25, 0.3) is 0 Å². The summed E-state index contributed by atoms with van der Waals surface area (Å²) >= 11 is 0. The summed E-state index contributed by atoms with van der Waals surface area (Å²) in [6.45, 7) is 4.79. The van der Waals surface area contributed by atoms with Gasteiger partial charge in [0.2, 0.25) is 5.95 Å². The second-order valence-electron chi connectivity index (χ2n) is 7.50. The van der Waals surface area contributed by atoms with Crippen LogP contribution in [0.2, 0.25) is 0 Å². The number of aromatic nitrogens is 2. The fourth-order valence-corrected chi connectivity index (χ4v) is 3.39. The maximum atomic E-state index is 14.3. The molecule has 0 amide bonds. The lowest BCUT2D eigenvalue weighted by atomic mass is 10.00. The first kappa shape index (κ1) is 19.8. The van der Waals surface area contributed by atoms with Crippen LogP contribution in [0.4, 0.5) is 10.3 Å². The van der Waals surface area contributed by atoms with Crippen LogP contribution >= 0.6 is 0 Å². The molecule has 3 aromatic carbocycles. The molecule has 0 atom stereocenters. The van der Waals surface area contributed by atoms with Crippen molar-refractivity contribution in [3.05, 3.63) is 83.8 Å². The van der Waals surface area contributed by atoms with Gasteiger partial charge in [0, 0.05) is 23.2 Å². The third-order valence-corrected chi connectivity index (χ3v) is 5.09. The Balaban J connectivity index is 1.71. The quantitative estimate of drug-likeness (QED) is 0.419. The number of ether oxygens (including phenoxy) is 1. The van der Waals surface area contributed by atoms with Gasteiger partial charge in [0.1, 0.15) is 11.6 Å². The molecule has 152 valence electrons. The first-order valence-electron chi connectivity index (χ1n) is 9.98. The molecule has 30 heavy (non-hydrogen) atoms. The molecular formula is C25H24FN3O. The molecule has 0 spiro atoms. The van der Waals surface area contributed by atoms with Crippen LogP contribution in [0.1, 0.15) is 31.0 Å². The number of benzene rings is 3. The van der Waals surface area contributed by atoms with Crippen molar-refractivity contribution in [3.63, 3.8) is 0 Å². The highest BCUT2D eigenvalue weighted by atomic mass is 19.1. The average molecular weight is 401 g/mol. The molecule has 5 heteroatoms. The minimum atomic E-state index is -0.231. The lowest BCUT2D eigenvalue weighted by Crippen LogP contribution is -2.07. The molecular weight excluding hydrogens is 377 g/mol. The maximum absolute atomic E-state index is 14.3. The second-order valence-corrected chi connectivity index (χ2v) is 7.50. The van der Waals surface area contributed by atoms with Crippen LogP contribution < -0.4 is 10.1 Å². The molecule has 4 rings (SSSR count). The van der Waals surface area contributed by atoms with E-state index in [2.05, 4.69) is 24.1 Å². The molecule has 0 aliphatic heterocycles. The van der Waals surface area contributed by atoms with Crippen molar-refractivity contribution in [2.75, 3.05) is 12.4 Å². The van der Waals surface area contributed by atoms with Crippen LogP contribution in [0.3, 0.4) is 0 Å². The van der Waals surface area contributed by atoms with Crippen molar-refractivity contribution >= 4 is 16.7 Å². The van der Waals surface area contributed by atoms with E-state index >= 15 is 0 Å². The van der Waals surface area contributed by atoms with Crippen molar-refractivity contribution in [1.29, 1.82) is 0 Å². The van der Waals surface area contributed by atoms with Crippen molar-refractivity contribution in [2.45, 2.75) is 26.3 Å². The number of rotatable bonds is 6. The highest BCUT2D eigenvalue weighted by molar-refractivity contribution is 5.96. The second kappa shape index (κ2) is 8.49. The molecule has 4 aromatic rings. The van der Waals surface area contributed by atoms with E-state index in [1.54, 1.807) is 19.2 Å². The highest BCUT2D eigenvalue weighted by Gasteiger charge is 2.13. The third-order valence-electron chi connectivity index (χ3n) is 5.09. The fraction of sp³-hybridized carbons (Fsp3) is 0.200. The van der Waals surface area contributed by atoms with Crippen LogP contribution in [-0.2, 0) is 6.54 Å². The average Bonchev–Trinajstić information content (AvgIpc) is 2.78. The summed E-state index contributed by atoms with van der Waals surface area (Å²) in [6, 6.07) is 20.6. The lowest BCUT2D eigenvalue weighted by molar-refractivity contribution is 0.414. The van der Waals surface area contributed by atoms with Crippen LogP contribution in [0.25, 0.3) is 22.0 Å². The molecule has 0 aliphatic rings. The van der Waals surface area contributed by atoms with Crippen molar-refractivity contribution in [3.8, 4) is 17.0 Å². The maximum Gasteiger partial charge on any atom is 0.223 e. The van der Waals surface area contributed by atoms with Crippen molar-refractivity contribution < 1.29 is 9.13 Å². The number of hydrogen-bond acceptors (Lipinski definition) is 4. The van der Waals surface area contributed by atoms with Gasteiger partial charge in [-0.2, -0.15) is 0 Å². The zero-order valence-electron chi connectivity index (χ0n) is 17.3. The number of nitrogens with zero attached hydrogens (tertiary/aromatic N) is 2. The van der Waals surface area contributed by atoms with E-state index < -0.39 is 0 Å². The van der Waals surface area contributed by atoms with Crippen molar-refractivity contribution in [2.24, 2.45) is 0 Å². The molecule has 4 nitrogen and oxygen atoms in total. The van der Waals surface area contributed by atoms with E-state index in [0.717, 1.165) is 33.7 Å². The first-order chi connectivity index (χ1) is 14.5. The SMILES string of the molecule is COc1ccc(CNc2nc(-c3ccc(F)c4ccccc34)cc(C(C)C)n2)cc1. The number of halogens is 1. The number of methoxy groups -OCH3 is 1. The monoisotopic (exact) mass is 401 g/mol. The number of anilines is 1. The zero-order chi connectivity index (χ0) is 21.1. The van der Waals surface area contributed by atoms with Gasteiger partial charge >= 0.3 is 0 Å². The van der Waals surface area contributed by atoms with Gasteiger partial charge < -0.3 is 10.1 Å². The van der Waals surface area contributed by atoms with Gasteiger partial charge in [-0.05, 0) is 47.2 Å². The summed E-state index contributed by atoms with van der Waals surface area (Å²) in [6.07, 6.45) is 0. The number of fused-ring (bicyclic) bond motifs is 1. The Morgan fingerprint density at radius 3 is 2.37 bits per heavy atom. The third kappa shape index (κ3) is 4.10. The largest absolute Gasteiger partial charge is 0.497 e. The minimum absolute atomic E-state index is 0.231. The topological polar surface area (TPSA) is 47.0 Å². The summed E-state index contributed by atoms with van der Waals surface area (Å²) in [5.41, 5.74) is 3.71. The minimum Gasteiger partial charge on any atom is -0.497 e. The number of hydrogen-bond donors (Lipinski definition) is 1. The van der Waals surface area contributed by atoms with Gasteiger partial charge in [0.05, 0.1) is 12.8 Å². The summed E-state index contributed by atoms with van der Waals surface area (Å²) < 4.78 is 19.5. The molecule has 0 radical (unpaired) electrons. The molecule has 0 unspecified atom stereocenters. The van der Waals surface area contributed by atoms with E-state index in [1.165, 1.54) is 6.07 Å². The van der Waals surface area contributed by atoms with Crippen molar-refractivity contribution in [1.82, 2.24) is 9.97 Å². The Hall–Kier alpha value is -3.47. The summed E-state index contributed by atoms with van der Waals surface area (Å²) in [7, 11) is 1.65. The van der Waals surface area contributed by atoms with Gasteiger partial charge in [0.15, 0.2) is 0 Å². The smallest absolute Gasteiger partial charge is 0.223 e. The van der Waals surface area contributed by atoms with E-state index in [0.29, 0.717) is 17.9 Å². The number of nitrogens with one attached hydrogen (secondary N) is 1.